The molecule has 0 aliphatic carbocycles. The molecule has 0 amide bonds. The van der Waals surface area contributed by atoms with Crippen LogP contribution in [-0.2, 0) is 0 Å². The molecule has 3 aromatic rings. The van der Waals surface area contributed by atoms with Crippen LogP contribution in [-0.4, -0.2) is 16.6 Å². The minimum Gasteiger partial charge on any atom is -0.493 e. The van der Waals surface area contributed by atoms with Crippen LogP contribution in [0, 0.1) is 12.7 Å². The van der Waals surface area contributed by atoms with Gasteiger partial charge in [0.25, 0.3) is 0 Å². The van der Waals surface area contributed by atoms with E-state index in [0.29, 0.717) is 12.4 Å². The normalized spacial score (nSPS) is 10.9. The zero-order valence-corrected chi connectivity index (χ0v) is 12.0. The Morgan fingerprint density at radius 1 is 1.35 bits per heavy atom. The van der Waals surface area contributed by atoms with Gasteiger partial charge in [-0.15, -0.1) is 11.3 Å². The number of thiophene rings is 1. The van der Waals surface area contributed by atoms with Gasteiger partial charge < -0.3 is 4.74 Å². The molecule has 0 aliphatic rings. The zero-order chi connectivity index (χ0) is 14.1. The van der Waals surface area contributed by atoms with Crippen molar-refractivity contribution < 1.29 is 9.13 Å². The van der Waals surface area contributed by atoms with Crippen LogP contribution in [0.4, 0.5) is 4.39 Å². The molecule has 5 heteroatoms. The second-order valence-corrected chi connectivity index (χ2v) is 5.42. The fraction of sp³-hybridized carbons (Fsp3) is 0.200. The lowest BCUT2D eigenvalue weighted by molar-refractivity contribution is 0.340. The number of aromatic nitrogens is 2. The highest BCUT2D eigenvalue weighted by atomic mass is 32.1. The fourth-order valence-electron chi connectivity index (χ4n) is 2.18. The highest BCUT2D eigenvalue weighted by Crippen LogP contribution is 2.41. The van der Waals surface area contributed by atoms with Crippen LogP contribution >= 0.6 is 11.3 Å². The van der Waals surface area contributed by atoms with Crippen LogP contribution < -0.4 is 4.74 Å². The number of halogens is 1. The van der Waals surface area contributed by atoms with Gasteiger partial charge in [-0.1, -0.05) is 0 Å². The lowest BCUT2D eigenvalue weighted by Gasteiger charge is -2.09. The third kappa shape index (κ3) is 2.14. The number of fused-ring (bicyclic) bond motifs is 1. The lowest BCUT2D eigenvalue weighted by atomic mass is 10.1. The summed E-state index contributed by atoms with van der Waals surface area (Å²) in [5.41, 5.74) is 2.90. The smallest absolute Gasteiger partial charge is 0.130 e. The van der Waals surface area contributed by atoms with Gasteiger partial charge in [0.1, 0.15) is 17.9 Å². The SMILES string of the molecule is CCOc1cc(F)ccc1-c1sc2cncnc2c1C. The van der Waals surface area contributed by atoms with Crippen molar-refractivity contribution in [3.8, 4) is 16.2 Å². The Hall–Kier alpha value is -2.01. The molecule has 0 spiro atoms. The molecular formula is C15H13FN2OS. The van der Waals surface area contributed by atoms with E-state index in [2.05, 4.69) is 9.97 Å². The van der Waals surface area contributed by atoms with Crippen molar-refractivity contribution in [1.82, 2.24) is 9.97 Å². The zero-order valence-electron chi connectivity index (χ0n) is 11.2. The summed E-state index contributed by atoms with van der Waals surface area (Å²) in [5.74, 6) is 0.269. The van der Waals surface area contributed by atoms with Crippen LogP contribution in [0.5, 0.6) is 5.75 Å². The van der Waals surface area contributed by atoms with Crippen molar-refractivity contribution in [2.24, 2.45) is 0 Å². The maximum Gasteiger partial charge on any atom is 0.130 e. The van der Waals surface area contributed by atoms with Crippen molar-refractivity contribution >= 4 is 21.6 Å². The molecule has 2 aromatic heterocycles. The molecule has 1 aromatic carbocycles. The van der Waals surface area contributed by atoms with Crippen LogP contribution in [0.1, 0.15) is 12.5 Å². The number of hydrogen-bond acceptors (Lipinski definition) is 4. The topological polar surface area (TPSA) is 35.0 Å². The summed E-state index contributed by atoms with van der Waals surface area (Å²) in [6, 6.07) is 4.63. The Balaban J connectivity index is 2.22. The van der Waals surface area contributed by atoms with E-state index in [0.717, 1.165) is 26.2 Å². The highest BCUT2D eigenvalue weighted by molar-refractivity contribution is 7.22. The molecule has 0 N–H and O–H groups in total. The molecular weight excluding hydrogens is 275 g/mol. The van der Waals surface area contributed by atoms with Crippen molar-refractivity contribution in [3.63, 3.8) is 0 Å². The quantitative estimate of drug-likeness (QED) is 0.724. The summed E-state index contributed by atoms with van der Waals surface area (Å²) in [4.78, 5) is 9.39. The molecule has 0 fully saturated rings. The van der Waals surface area contributed by atoms with Crippen LogP contribution in [0.3, 0.4) is 0 Å². The van der Waals surface area contributed by atoms with Gasteiger partial charge in [-0.05, 0) is 31.5 Å². The van der Waals surface area contributed by atoms with E-state index >= 15 is 0 Å². The number of nitrogens with zero attached hydrogens (tertiary/aromatic N) is 2. The number of aryl methyl sites for hydroxylation is 1. The molecule has 0 unspecified atom stereocenters. The van der Waals surface area contributed by atoms with Crippen molar-refractivity contribution in [2.45, 2.75) is 13.8 Å². The second-order valence-electron chi connectivity index (χ2n) is 4.37. The average molecular weight is 288 g/mol. The number of hydrogen-bond donors (Lipinski definition) is 0. The van der Waals surface area contributed by atoms with Crippen LogP contribution in [0.2, 0.25) is 0 Å². The number of benzene rings is 1. The first-order valence-corrected chi connectivity index (χ1v) is 7.14. The summed E-state index contributed by atoms with van der Waals surface area (Å²) >= 11 is 1.60. The molecule has 102 valence electrons. The van der Waals surface area contributed by atoms with Crippen LogP contribution in [0.25, 0.3) is 20.7 Å². The van der Waals surface area contributed by atoms with Gasteiger partial charge in [0.15, 0.2) is 0 Å². The Bertz CT molecular complexity index is 770. The summed E-state index contributed by atoms with van der Waals surface area (Å²) < 4.78 is 20.0. The molecule has 0 saturated carbocycles. The van der Waals surface area contributed by atoms with Crippen molar-refractivity contribution in [2.75, 3.05) is 6.61 Å². The van der Waals surface area contributed by atoms with E-state index in [9.17, 15) is 4.39 Å². The van der Waals surface area contributed by atoms with E-state index in [1.807, 2.05) is 13.8 Å². The Morgan fingerprint density at radius 3 is 2.95 bits per heavy atom. The van der Waals surface area contributed by atoms with Gasteiger partial charge in [-0.25, -0.2) is 14.4 Å². The molecule has 2 heterocycles. The third-order valence-corrected chi connectivity index (χ3v) is 4.32. The number of ether oxygens (including phenoxy) is 1. The molecule has 0 atom stereocenters. The molecule has 0 aliphatic heterocycles. The molecule has 0 radical (unpaired) electrons. The summed E-state index contributed by atoms with van der Waals surface area (Å²) in [7, 11) is 0. The highest BCUT2D eigenvalue weighted by Gasteiger charge is 2.15. The van der Waals surface area contributed by atoms with Crippen molar-refractivity contribution in [1.29, 1.82) is 0 Å². The summed E-state index contributed by atoms with van der Waals surface area (Å²) in [5, 5.41) is 0. The van der Waals surface area contributed by atoms with Gasteiger partial charge in [0.2, 0.25) is 0 Å². The molecule has 20 heavy (non-hydrogen) atoms. The predicted octanol–water partition coefficient (Wildman–Crippen LogP) is 4.20. The van der Waals surface area contributed by atoms with E-state index in [1.54, 1.807) is 29.9 Å². The van der Waals surface area contributed by atoms with Gasteiger partial charge in [-0.3, -0.25) is 0 Å². The number of rotatable bonds is 3. The average Bonchev–Trinajstić information content (AvgIpc) is 2.77. The molecule has 0 bridgehead atoms. The van der Waals surface area contributed by atoms with Gasteiger partial charge in [0.05, 0.1) is 16.8 Å². The maximum atomic E-state index is 13.4. The van der Waals surface area contributed by atoms with Gasteiger partial charge >= 0.3 is 0 Å². The predicted molar refractivity (Wildman–Crippen MR) is 78.7 cm³/mol. The van der Waals surface area contributed by atoms with Gasteiger partial charge in [0, 0.05) is 22.7 Å². The first kappa shape index (κ1) is 13.0. The lowest BCUT2D eigenvalue weighted by Crippen LogP contribution is -1.94. The fourth-order valence-corrected chi connectivity index (χ4v) is 3.35. The van der Waals surface area contributed by atoms with Crippen LogP contribution in [0.15, 0.2) is 30.7 Å². The molecule has 0 saturated heterocycles. The second kappa shape index (κ2) is 5.17. The van der Waals surface area contributed by atoms with E-state index in [1.165, 1.54) is 12.1 Å². The first-order chi connectivity index (χ1) is 9.70. The van der Waals surface area contributed by atoms with E-state index in [-0.39, 0.29) is 5.82 Å². The third-order valence-electron chi connectivity index (χ3n) is 3.07. The Labute approximate surface area is 120 Å². The summed E-state index contributed by atoms with van der Waals surface area (Å²) in [6.07, 6.45) is 3.34. The Kier molecular flexibility index (Phi) is 3.36. The minimum atomic E-state index is -0.296. The van der Waals surface area contributed by atoms with Crippen molar-refractivity contribution in [3.05, 3.63) is 42.1 Å². The maximum absolute atomic E-state index is 13.4. The molecule has 3 rings (SSSR count). The molecule has 3 nitrogen and oxygen atoms in total. The van der Waals surface area contributed by atoms with E-state index in [4.69, 9.17) is 4.74 Å². The Morgan fingerprint density at radius 2 is 2.20 bits per heavy atom. The minimum absolute atomic E-state index is 0.296. The standard InChI is InChI=1S/C15H13FN2OS/c1-3-19-12-6-10(16)4-5-11(12)15-9(2)14-13(20-15)7-17-8-18-14/h4-8H,3H2,1-2H3. The first-order valence-electron chi connectivity index (χ1n) is 6.32. The largest absolute Gasteiger partial charge is 0.493 e. The van der Waals surface area contributed by atoms with Gasteiger partial charge in [-0.2, -0.15) is 0 Å². The monoisotopic (exact) mass is 288 g/mol. The van der Waals surface area contributed by atoms with E-state index < -0.39 is 0 Å². The summed E-state index contributed by atoms with van der Waals surface area (Å²) in [6.45, 7) is 4.40.